The van der Waals surface area contributed by atoms with Crippen LogP contribution in [0.2, 0.25) is 0 Å². The van der Waals surface area contributed by atoms with Crippen molar-refractivity contribution in [3.8, 4) is 17.2 Å². The topological polar surface area (TPSA) is 77.1 Å². The van der Waals surface area contributed by atoms with Crippen LogP contribution < -0.4 is 19.5 Å². The summed E-state index contributed by atoms with van der Waals surface area (Å²) in [7, 11) is 3.20. The Morgan fingerprint density at radius 2 is 1.76 bits per heavy atom. The van der Waals surface area contributed by atoms with E-state index < -0.39 is 5.72 Å². The van der Waals surface area contributed by atoms with E-state index in [4.69, 9.17) is 14.2 Å². The molecule has 2 heterocycles. The van der Waals surface area contributed by atoms with Gasteiger partial charge in [0.05, 0.1) is 19.8 Å². The maximum atomic E-state index is 13.4. The lowest BCUT2D eigenvalue weighted by Crippen LogP contribution is -2.61. The van der Waals surface area contributed by atoms with Crippen LogP contribution in [0.25, 0.3) is 10.8 Å². The predicted molar refractivity (Wildman–Crippen MR) is 124 cm³/mol. The van der Waals surface area contributed by atoms with Crippen molar-refractivity contribution in [1.29, 1.82) is 0 Å². The average Bonchev–Trinajstić information content (AvgIpc) is 2.83. The summed E-state index contributed by atoms with van der Waals surface area (Å²) in [6.45, 7) is 2.87. The van der Waals surface area contributed by atoms with E-state index in [0.717, 1.165) is 16.3 Å². The highest BCUT2D eigenvalue weighted by atomic mass is 16.5. The molecule has 3 aromatic carbocycles. The van der Waals surface area contributed by atoms with Crippen molar-refractivity contribution in [3.05, 3.63) is 65.2 Å². The minimum atomic E-state index is -0.791. The van der Waals surface area contributed by atoms with Crippen LogP contribution in [-0.2, 0) is 0 Å². The van der Waals surface area contributed by atoms with E-state index in [1.807, 2.05) is 49.4 Å². The molecule has 2 aliphatic rings. The first-order valence-electron chi connectivity index (χ1n) is 11.0. The van der Waals surface area contributed by atoms with E-state index in [0.29, 0.717) is 54.3 Å². The van der Waals surface area contributed by atoms with Gasteiger partial charge in [-0.15, -0.1) is 0 Å². The standard InChI is InChI=1S/C26H26N2O5/c1-16-7-8-22-20(13-16)24(29)27-26(33-22)9-11-28(12-10-26)25(30)17-14-19-18(23(15-17)32-3)5-4-6-21(19)31-2/h4-8,13-15H,9-12H2,1-3H3,(H,27,29). The molecule has 0 atom stereocenters. The van der Waals surface area contributed by atoms with Crippen LogP contribution >= 0.6 is 0 Å². The molecule has 0 aromatic heterocycles. The number of likely N-dealkylation sites (tertiary alicyclic amines) is 1. The van der Waals surface area contributed by atoms with Crippen molar-refractivity contribution in [1.82, 2.24) is 10.2 Å². The van der Waals surface area contributed by atoms with Gasteiger partial charge in [-0.05, 0) is 37.3 Å². The number of hydrogen-bond acceptors (Lipinski definition) is 5. The number of carbonyl (C=O) groups excluding carboxylic acids is 2. The van der Waals surface area contributed by atoms with Crippen molar-refractivity contribution in [3.63, 3.8) is 0 Å². The highest BCUT2D eigenvalue weighted by Gasteiger charge is 2.43. The molecule has 2 amide bonds. The fraction of sp³-hybridized carbons (Fsp3) is 0.308. The number of hydrogen-bond donors (Lipinski definition) is 1. The number of carbonyl (C=O) groups is 2. The van der Waals surface area contributed by atoms with Crippen LogP contribution in [0.1, 0.15) is 39.1 Å². The van der Waals surface area contributed by atoms with Gasteiger partial charge in [0.1, 0.15) is 17.2 Å². The maximum absolute atomic E-state index is 13.4. The fourth-order valence-electron chi connectivity index (χ4n) is 4.70. The maximum Gasteiger partial charge on any atom is 0.258 e. The third-order valence-corrected chi connectivity index (χ3v) is 6.49. The van der Waals surface area contributed by atoms with Gasteiger partial charge >= 0.3 is 0 Å². The highest BCUT2D eigenvalue weighted by molar-refractivity contribution is 6.03. The normalized spacial score (nSPS) is 16.7. The largest absolute Gasteiger partial charge is 0.496 e. The summed E-state index contributed by atoms with van der Waals surface area (Å²) in [4.78, 5) is 27.9. The number of ether oxygens (including phenoxy) is 3. The second kappa shape index (κ2) is 7.99. The van der Waals surface area contributed by atoms with E-state index in [9.17, 15) is 9.59 Å². The van der Waals surface area contributed by atoms with E-state index >= 15 is 0 Å². The Morgan fingerprint density at radius 3 is 2.48 bits per heavy atom. The molecule has 7 heteroatoms. The summed E-state index contributed by atoms with van der Waals surface area (Å²) in [6.07, 6.45) is 1.01. The van der Waals surface area contributed by atoms with Crippen molar-refractivity contribution in [2.45, 2.75) is 25.5 Å². The number of fused-ring (bicyclic) bond motifs is 2. The van der Waals surface area contributed by atoms with Crippen LogP contribution in [0.15, 0.2) is 48.5 Å². The molecule has 170 valence electrons. The Bertz CT molecular complexity index is 1260. The molecule has 33 heavy (non-hydrogen) atoms. The SMILES string of the molecule is COc1cc(C(=O)N2CCC3(CC2)NC(=O)c2cc(C)ccc2O3)cc2c(OC)cccc12. The number of aryl methyl sites for hydroxylation is 1. The van der Waals surface area contributed by atoms with E-state index in [1.54, 1.807) is 25.2 Å². The third-order valence-electron chi connectivity index (χ3n) is 6.49. The third kappa shape index (κ3) is 3.63. The lowest BCUT2D eigenvalue weighted by atomic mass is 9.95. The van der Waals surface area contributed by atoms with Gasteiger partial charge in [-0.3, -0.25) is 9.59 Å². The number of piperidine rings is 1. The van der Waals surface area contributed by atoms with Gasteiger partial charge in [0.25, 0.3) is 11.8 Å². The number of amides is 2. The molecular formula is C26H26N2O5. The summed E-state index contributed by atoms with van der Waals surface area (Å²) in [5.41, 5.74) is 1.30. The Morgan fingerprint density at radius 1 is 1.00 bits per heavy atom. The van der Waals surface area contributed by atoms with Crippen LogP contribution in [0.5, 0.6) is 17.2 Å². The zero-order valence-electron chi connectivity index (χ0n) is 18.9. The molecule has 5 rings (SSSR count). The molecule has 0 radical (unpaired) electrons. The second-order valence-electron chi connectivity index (χ2n) is 8.58. The predicted octanol–water partition coefficient (Wildman–Crippen LogP) is 3.92. The molecule has 1 fully saturated rings. The Hall–Kier alpha value is -3.74. The number of nitrogens with zero attached hydrogens (tertiary/aromatic N) is 1. The highest BCUT2D eigenvalue weighted by Crippen LogP contribution is 2.36. The van der Waals surface area contributed by atoms with Gasteiger partial charge in [-0.1, -0.05) is 23.8 Å². The molecule has 1 N–H and O–H groups in total. The Balaban J connectivity index is 1.38. The molecule has 0 bridgehead atoms. The van der Waals surface area contributed by atoms with Gasteiger partial charge in [0, 0.05) is 42.3 Å². The fourth-order valence-corrected chi connectivity index (χ4v) is 4.70. The van der Waals surface area contributed by atoms with Crippen molar-refractivity contribution in [2.75, 3.05) is 27.3 Å². The van der Waals surface area contributed by atoms with Gasteiger partial charge in [0.15, 0.2) is 5.72 Å². The second-order valence-corrected chi connectivity index (χ2v) is 8.58. The molecule has 1 saturated heterocycles. The van der Waals surface area contributed by atoms with Crippen LogP contribution in [0.4, 0.5) is 0 Å². The van der Waals surface area contributed by atoms with E-state index in [-0.39, 0.29) is 11.8 Å². The van der Waals surface area contributed by atoms with Crippen LogP contribution in [-0.4, -0.2) is 49.7 Å². The van der Waals surface area contributed by atoms with Gasteiger partial charge in [-0.25, -0.2) is 0 Å². The summed E-state index contributed by atoms with van der Waals surface area (Å²) >= 11 is 0. The van der Waals surface area contributed by atoms with E-state index in [1.165, 1.54) is 0 Å². The first-order chi connectivity index (χ1) is 15.9. The van der Waals surface area contributed by atoms with E-state index in [2.05, 4.69) is 5.32 Å². The van der Waals surface area contributed by atoms with Crippen LogP contribution in [0.3, 0.4) is 0 Å². The summed E-state index contributed by atoms with van der Waals surface area (Å²) < 4.78 is 17.3. The summed E-state index contributed by atoms with van der Waals surface area (Å²) in [5.74, 6) is 1.68. The first kappa shape index (κ1) is 21.1. The first-order valence-corrected chi connectivity index (χ1v) is 11.0. The van der Waals surface area contributed by atoms with Gasteiger partial charge in [-0.2, -0.15) is 0 Å². The van der Waals surface area contributed by atoms with Gasteiger partial charge in [0.2, 0.25) is 0 Å². The molecular weight excluding hydrogens is 420 g/mol. The average molecular weight is 447 g/mol. The molecule has 1 spiro atoms. The molecule has 3 aromatic rings. The lowest BCUT2D eigenvalue weighted by molar-refractivity contribution is -0.0245. The minimum Gasteiger partial charge on any atom is -0.496 e. The van der Waals surface area contributed by atoms with Crippen molar-refractivity contribution < 1.29 is 23.8 Å². The number of methoxy groups -OCH3 is 2. The molecule has 2 aliphatic heterocycles. The Labute approximate surface area is 192 Å². The molecule has 0 saturated carbocycles. The van der Waals surface area contributed by atoms with Gasteiger partial charge < -0.3 is 24.4 Å². The Kier molecular flexibility index (Phi) is 5.12. The number of benzene rings is 3. The molecule has 0 aliphatic carbocycles. The summed E-state index contributed by atoms with van der Waals surface area (Å²) in [5, 5.41) is 4.75. The van der Waals surface area contributed by atoms with Crippen LogP contribution in [0, 0.1) is 6.92 Å². The molecule has 0 unspecified atom stereocenters. The lowest BCUT2D eigenvalue weighted by Gasteiger charge is -2.44. The molecule has 7 nitrogen and oxygen atoms in total. The minimum absolute atomic E-state index is 0.0888. The zero-order valence-corrected chi connectivity index (χ0v) is 18.9. The monoisotopic (exact) mass is 446 g/mol. The number of rotatable bonds is 3. The summed E-state index contributed by atoms with van der Waals surface area (Å²) in [6, 6.07) is 14.9. The smallest absolute Gasteiger partial charge is 0.258 e. The van der Waals surface area contributed by atoms with Crippen molar-refractivity contribution >= 4 is 22.6 Å². The van der Waals surface area contributed by atoms with Crippen molar-refractivity contribution in [2.24, 2.45) is 0 Å². The number of nitrogens with one attached hydrogen (secondary N) is 1. The zero-order chi connectivity index (χ0) is 23.2. The quantitative estimate of drug-likeness (QED) is 0.660.